The summed E-state index contributed by atoms with van der Waals surface area (Å²) in [7, 11) is 0. The van der Waals surface area contributed by atoms with Gasteiger partial charge in [0.15, 0.2) is 0 Å². The molecule has 1 saturated heterocycles. The molecular formula is C21H24F3N3O2. The Kier molecular flexibility index (Phi) is 6.14. The molecule has 0 aromatic heterocycles. The van der Waals surface area contributed by atoms with Crippen molar-refractivity contribution in [1.82, 2.24) is 5.32 Å². The first-order valence-electron chi connectivity index (χ1n) is 9.45. The molecule has 156 valence electrons. The number of hydrogen-bond acceptors (Lipinski definition) is 4. The SMILES string of the molecule is Nc1ccc(NC(=O)C(O)(Cc2ccccc2)C2CCNCC2)cc1C(F)(F)F. The van der Waals surface area contributed by atoms with E-state index in [-0.39, 0.29) is 18.0 Å². The molecule has 1 heterocycles. The quantitative estimate of drug-likeness (QED) is 0.574. The van der Waals surface area contributed by atoms with Gasteiger partial charge in [-0.1, -0.05) is 30.3 Å². The first-order valence-corrected chi connectivity index (χ1v) is 9.45. The molecule has 0 aliphatic carbocycles. The van der Waals surface area contributed by atoms with Crippen molar-refractivity contribution in [2.75, 3.05) is 24.1 Å². The standard InChI is InChI=1S/C21H24F3N3O2/c22-21(23,24)17-12-16(6-7-18(17)25)27-19(28)20(29,15-8-10-26-11-9-15)13-14-4-2-1-3-5-14/h1-7,12,15,26,29H,8-11,13,25H2,(H,27,28). The van der Waals surface area contributed by atoms with Gasteiger partial charge in [0.2, 0.25) is 0 Å². The molecule has 1 unspecified atom stereocenters. The van der Waals surface area contributed by atoms with Crippen LogP contribution in [0.15, 0.2) is 48.5 Å². The zero-order valence-electron chi connectivity index (χ0n) is 15.8. The molecule has 29 heavy (non-hydrogen) atoms. The predicted octanol–water partition coefficient (Wildman–Crippen LogP) is 3.20. The van der Waals surface area contributed by atoms with Gasteiger partial charge >= 0.3 is 6.18 Å². The van der Waals surface area contributed by atoms with E-state index in [1.807, 2.05) is 30.3 Å². The molecular weight excluding hydrogens is 383 g/mol. The summed E-state index contributed by atoms with van der Waals surface area (Å²) in [5, 5.41) is 17.1. The minimum Gasteiger partial charge on any atom is -0.398 e. The number of nitrogens with two attached hydrogens (primary N) is 1. The Morgan fingerprint density at radius 2 is 1.79 bits per heavy atom. The Morgan fingerprint density at radius 1 is 1.14 bits per heavy atom. The summed E-state index contributed by atoms with van der Waals surface area (Å²) < 4.78 is 39.4. The van der Waals surface area contributed by atoms with Crippen molar-refractivity contribution >= 4 is 17.3 Å². The topological polar surface area (TPSA) is 87.4 Å². The number of hydrogen-bond donors (Lipinski definition) is 4. The number of halogens is 3. The van der Waals surface area contributed by atoms with Gasteiger partial charge in [0.05, 0.1) is 5.56 Å². The van der Waals surface area contributed by atoms with Crippen molar-refractivity contribution in [1.29, 1.82) is 0 Å². The van der Waals surface area contributed by atoms with E-state index in [1.54, 1.807) is 0 Å². The second-order valence-electron chi connectivity index (χ2n) is 7.36. The van der Waals surface area contributed by atoms with Gasteiger partial charge in [-0.25, -0.2) is 0 Å². The fourth-order valence-corrected chi connectivity index (χ4v) is 3.74. The van der Waals surface area contributed by atoms with Crippen molar-refractivity contribution in [2.45, 2.75) is 31.0 Å². The van der Waals surface area contributed by atoms with Crippen LogP contribution < -0.4 is 16.4 Å². The Hall–Kier alpha value is -2.58. The fraction of sp³-hybridized carbons (Fsp3) is 0.381. The van der Waals surface area contributed by atoms with Crippen LogP contribution in [0.3, 0.4) is 0 Å². The van der Waals surface area contributed by atoms with Gasteiger partial charge in [0, 0.05) is 17.8 Å². The Balaban J connectivity index is 1.88. The number of aliphatic hydroxyl groups is 1. The van der Waals surface area contributed by atoms with Crippen molar-refractivity contribution < 1.29 is 23.1 Å². The third-order valence-electron chi connectivity index (χ3n) is 5.34. The van der Waals surface area contributed by atoms with Gasteiger partial charge in [-0.2, -0.15) is 13.2 Å². The molecule has 2 aromatic rings. The van der Waals surface area contributed by atoms with Gasteiger partial charge < -0.3 is 21.5 Å². The lowest BCUT2D eigenvalue weighted by Gasteiger charge is -2.37. The molecule has 0 spiro atoms. The highest BCUT2D eigenvalue weighted by Gasteiger charge is 2.44. The van der Waals surface area contributed by atoms with E-state index in [0.717, 1.165) is 17.7 Å². The first kappa shape index (κ1) is 21.1. The van der Waals surface area contributed by atoms with Crippen LogP contribution in [0.4, 0.5) is 24.5 Å². The van der Waals surface area contributed by atoms with E-state index in [9.17, 15) is 23.1 Å². The summed E-state index contributed by atoms with van der Waals surface area (Å²) >= 11 is 0. The third-order valence-corrected chi connectivity index (χ3v) is 5.34. The molecule has 1 fully saturated rings. The predicted molar refractivity (Wildman–Crippen MR) is 105 cm³/mol. The highest BCUT2D eigenvalue weighted by atomic mass is 19.4. The number of alkyl halides is 3. The normalized spacial score (nSPS) is 17.5. The number of nitrogen functional groups attached to an aromatic ring is 1. The van der Waals surface area contributed by atoms with Gasteiger partial charge in [0.1, 0.15) is 5.60 Å². The number of amides is 1. The number of rotatable bonds is 5. The zero-order chi connectivity index (χ0) is 21.1. The molecule has 1 aliphatic heterocycles. The van der Waals surface area contributed by atoms with Crippen LogP contribution in [0.5, 0.6) is 0 Å². The number of benzene rings is 2. The number of piperidine rings is 1. The van der Waals surface area contributed by atoms with Crippen molar-refractivity contribution in [3.8, 4) is 0 Å². The number of carbonyl (C=O) groups excluding carboxylic acids is 1. The Morgan fingerprint density at radius 3 is 2.41 bits per heavy atom. The highest BCUT2D eigenvalue weighted by molar-refractivity contribution is 5.98. The summed E-state index contributed by atoms with van der Waals surface area (Å²) in [4.78, 5) is 13.1. The zero-order valence-corrected chi connectivity index (χ0v) is 15.8. The lowest BCUT2D eigenvalue weighted by atomic mass is 9.76. The maximum atomic E-state index is 13.1. The number of nitrogens with one attached hydrogen (secondary N) is 2. The van der Waals surface area contributed by atoms with Crippen molar-refractivity contribution in [2.24, 2.45) is 5.92 Å². The van der Waals surface area contributed by atoms with E-state index in [1.165, 1.54) is 6.07 Å². The van der Waals surface area contributed by atoms with Gasteiger partial charge in [-0.05, 0) is 55.6 Å². The second-order valence-corrected chi connectivity index (χ2v) is 7.36. The minimum absolute atomic E-state index is 0.0584. The lowest BCUT2D eigenvalue weighted by Crippen LogP contribution is -2.53. The van der Waals surface area contributed by atoms with E-state index in [0.29, 0.717) is 25.9 Å². The highest BCUT2D eigenvalue weighted by Crippen LogP contribution is 2.36. The summed E-state index contributed by atoms with van der Waals surface area (Å²) in [5.41, 5.74) is 2.94. The summed E-state index contributed by atoms with van der Waals surface area (Å²) in [6.07, 6.45) is -3.38. The second kappa shape index (κ2) is 8.42. The molecule has 2 aromatic carbocycles. The van der Waals surface area contributed by atoms with E-state index < -0.39 is 28.9 Å². The Labute approximate surface area is 167 Å². The third kappa shape index (κ3) is 4.89. The fourth-order valence-electron chi connectivity index (χ4n) is 3.74. The smallest absolute Gasteiger partial charge is 0.398 e. The van der Waals surface area contributed by atoms with Crippen LogP contribution >= 0.6 is 0 Å². The minimum atomic E-state index is -4.64. The van der Waals surface area contributed by atoms with Gasteiger partial charge in [0.25, 0.3) is 5.91 Å². The lowest BCUT2D eigenvalue weighted by molar-refractivity contribution is -0.141. The van der Waals surface area contributed by atoms with E-state index in [2.05, 4.69) is 10.6 Å². The van der Waals surface area contributed by atoms with Crippen LogP contribution in [-0.2, 0) is 17.4 Å². The number of carbonyl (C=O) groups is 1. The van der Waals surface area contributed by atoms with E-state index >= 15 is 0 Å². The summed E-state index contributed by atoms with van der Waals surface area (Å²) in [6, 6.07) is 12.3. The first-order chi connectivity index (χ1) is 13.7. The molecule has 5 nitrogen and oxygen atoms in total. The molecule has 3 rings (SSSR count). The molecule has 0 radical (unpaired) electrons. The molecule has 1 atom stereocenters. The van der Waals surface area contributed by atoms with Crippen LogP contribution in [0.25, 0.3) is 0 Å². The van der Waals surface area contributed by atoms with E-state index in [4.69, 9.17) is 5.73 Å². The molecule has 1 aliphatic rings. The summed E-state index contributed by atoms with van der Waals surface area (Å²) in [6.45, 7) is 1.32. The van der Waals surface area contributed by atoms with Crippen LogP contribution in [0, 0.1) is 5.92 Å². The number of anilines is 2. The van der Waals surface area contributed by atoms with Crippen LogP contribution in [0.2, 0.25) is 0 Å². The van der Waals surface area contributed by atoms with Crippen molar-refractivity contribution in [3.63, 3.8) is 0 Å². The maximum absolute atomic E-state index is 13.1. The Bertz CT molecular complexity index is 852. The van der Waals surface area contributed by atoms with Crippen LogP contribution in [-0.4, -0.2) is 29.7 Å². The average molecular weight is 407 g/mol. The van der Waals surface area contributed by atoms with Gasteiger partial charge in [-0.3, -0.25) is 4.79 Å². The molecule has 8 heteroatoms. The largest absolute Gasteiger partial charge is 0.418 e. The van der Waals surface area contributed by atoms with Crippen LogP contribution in [0.1, 0.15) is 24.0 Å². The van der Waals surface area contributed by atoms with Gasteiger partial charge in [-0.15, -0.1) is 0 Å². The van der Waals surface area contributed by atoms with Crippen molar-refractivity contribution in [3.05, 3.63) is 59.7 Å². The monoisotopic (exact) mass is 407 g/mol. The maximum Gasteiger partial charge on any atom is 0.418 e. The molecule has 1 amide bonds. The molecule has 0 saturated carbocycles. The summed E-state index contributed by atoms with van der Waals surface area (Å²) in [5.74, 6) is -1.04. The average Bonchev–Trinajstić information content (AvgIpc) is 2.70. The molecule has 5 N–H and O–H groups in total. The molecule has 0 bridgehead atoms.